The average molecular weight is 444 g/mol. The highest BCUT2D eigenvalue weighted by atomic mass is 79.9. The Labute approximate surface area is 168 Å². The maximum absolute atomic E-state index is 13.2. The molecule has 0 radical (unpaired) electrons. The van der Waals surface area contributed by atoms with Crippen LogP contribution in [0.25, 0.3) is 0 Å². The molecule has 2 aromatic carbocycles. The lowest BCUT2D eigenvalue weighted by atomic mass is 10.2. The van der Waals surface area contributed by atoms with Crippen molar-refractivity contribution in [3.05, 3.63) is 62.8 Å². The highest BCUT2D eigenvalue weighted by Gasteiger charge is 2.08. The number of hydrogen-bond donors (Lipinski definition) is 1. The molecule has 0 heterocycles. The first kappa shape index (κ1) is 21.2. The predicted octanol–water partition coefficient (Wildman–Crippen LogP) is 5.25. The van der Waals surface area contributed by atoms with Crippen LogP contribution in [0, 0.1) is 5.82 Å². The first-order valence-electron chi connectivity index (χ1n) is 8.81. The Morgan fingerprint density at radius 3 is 2.58 bits per heavy atom. The molecule has 0 saturated heterocycles. The Morgan fingerprint density at radius 1 is 1.12 bits per heavy atom. The van der Waals surface area contributed by atoms with E-state index in [4.69, 9.17) is 16.3 Å². The fourth-order valence-electron chi connectivity index (χ4n) is 2.62. The number of benzene rings is 2. The molecule has 0 aromatic heterocycles. The molecule has 0 aliphatic heterocycles. The van der Waals surface area contributed by atoms with E-state index in [1.807, 2.05) is 18.2 Å². The molecule has 0 amide bonds. The Morgan fingerprint density at radius 2 is 1.88 bits per heavy atom. The zero-order valence-corrected chi connectivity index (χ0v) is 17.5. The third-order valence-corrected chi connectivity index (χ3v) is 5.08. The second kappa shape index (κ2) is 10.9. The van der Waals surface area contributed by atoms with Crippen molar-refractivity contribution < 1.29 is 9.13 Å². The van der Waals surface area contributed by atoms with Gasteiger partial charge in [0.05, 0.1) is 5.02 Å². The van der Waals surface area contributed by atoms with Crippen molar-refractivity contribution in [3.8, 4) is 5.75 Å². The van der Waals surface area contributed by atoms with Crippen LogP contribution >= 0.6 is 27.5 Å². The van der Waals surface area contributed by atoms with Gasteiger partial charge in [0.2, 0.25) is 0 Å². The summed E-state index contributed by atoms with van der Waals surface area (Å²) in [7, 11) is 0. The zero-order valence-electron chi connectivity index (χ0n) is 15.2. The maximum Gasteiger partial charge on any atom is 0.124 e. The quantitative estimate of drug-likeness (QED) is 0.507. The van der Waals surface area contributed by atoms with E-state index in [1.54, 1.807) is 6.07 Å². The summed E-state index contributed by atoms with van der Waals surface area (Å²) in [6, 6.07) is 10.3. The van der Waals surface area contributed by atoms with Crippen LogP contribution < -0.4 is 10.1 Å². The van der Waals surface area contributed by atoms with Crippen LogP contribution in [0.3, 0.4) is 0 Å². The topological polar surface area (TPSA) is 24.5 Å². The molecule has 0 aliphatic rings. The van der Waals surface area contributed by atoms with Gasteiger partial charge in [0.25, 0.3) is 0 Å². The molecule has 26 heavy (non-hydrogen) atoms. The Balaban J connectivity index is 1.96. The fourth-order valence-corrected chi connectivity index (χ4v) is 3.25. The van der Waals surface area contributed by atoms with Crippen molar-refractivity contribution in [2.45, 2.75) is 27.0 Å². The van der Waals surface area contributed by atoms with E-state index in [0.29, 0.717) is 18.2 Å². The molecule has 2 aromatic rings. The lowest BCUT2D eigenvalue weighted by molar-refractivity contribution is 0.295. The van der Waals surface area contributed by atoms with Crippen molar-refractivity contribution in [2.75, 3.05) is 26.2 Å². The molecular weight excluding hydrogens is 419 g/mol. The predicted molar refractivity (Wildman–Crippen MR) is 109 cm³/mol. The highest BCUT2D eigenvalue weighted by molar-refractivity contribution is 9.10. The van der Waals surface area contributed by atoms with Crippen molar-refractivity contribution >= 4 is 27.5 Å². The van der Waals surface area contributed by atoms with Gasteiger partial charge in [-0.15, -0.1) is 0 Å². The average Bonchev–Trinajstić information content (AvgIpc) is 2.62. The van der Waals surface area contributed by atoms with Gasteiger partial charge in [-0.25, -0.2) is 4.39 Å². The first-order chi connectivity index (χ1) is 12.5. The van der Waals surface area contributed by atoms with Crippen molar-refractivity contribution in [1.82, 2.24) is 10.2 Å². The molecule has 0 spiro atoms. The van der Waals surface area contributed by atoms with Gasteiger partial charge >= 0.3 is 0 Å². The summed E-state index contributed by atoms with van der Waals surface area (Å²) in [5.74, 6) is 0.449. The molecule has 2 rings (SSSR count). The zero-order chi connectivity index (χ0) is 18.9. The van der Waals surface area contributed by atoms with Crippen LogP contribution in [0.15, 0.2) is 40.9 Å². The van der Waals surface area contributed by atoms with E-state index in [9.17, 15) is 4.39 Å². The summed E-state index contributed by atoms with van der Waals surface area (Å²) >= 11 is 9.59. The number of nitrogens with one attached hydrogen (secondary N) is 1. The van der Waals surface area contributed by atoms with E-state index in [-0.39, 0.29) is 5.82 Å². The smallest absolute Gasteiger partial charge is 0.124 e. The molecule has 1 N–H and O–H groups in total. The second-order valence-electron chi connectivity index (χ2n) is 5.98. The van der Waals surface area contributed by atoms with E-state index < -0.39 is 0 Å². The van der Waals surface area contributed by atoms with Gasteiger partial charge in [0.15, 0.2) is 0 Å². The largest absolute Gasteiger partial charge is 0.489 e. The SMILES string of the molecule is CCN(CC)CCNCc1cc(Br)ccc1OCc1ccc(F)cc1Cl. The van der Waals surface area contributed by atoms with Gasteiger partial charge < -0.3 is 15.0 Å². The second-order valence-corrected chi connectivity index (χ2v) is 7.30. The van der Waals surface area contributed by atoms with Crippen LogP contribution in [0.1, 0.15) is 25.0 Å². The molecular formula is C20H25BrClFN2O. The fraction of sp³-hybridized carbons (Fsp3) is 0.400. The molecule has 0 fully saturated rings. The Bertz CT molecular complexity index is 710. The van der Waals surface area contributed by atoms with Crippen LogP contribution in [-0.2, 0) is 13.2 Å². The molecule has 0 bridgehead atoms. The molecule has 0 atom stereocenters. The maximum atomic E-state index is 13.2. The van der Waals surface area contributed by atoms with E-state index in [1.165, 1.54) is 12.1 Å². The first-order valence-corrected chi connectivity index (χ1v) is 9.98. The summed E-state index contributed by atoms with van der Waals surface area (Å²) in [6.45, 7) is 9.40. The summed E-state index contributed by atoms with van der Waals surface area (Å²) in [5, 5.41) is 3.84. The van der Waals surface area contributed by atoms with Gasteiger partial charge in [0.1, 0.15) is 18.2 Å². The van der Waals surface area contributed by atoms with E-state index in [0.717, 1.165) is 47.5 Å². The van der Waals surface area contributed by atoms with Crippen LogP contribution in [0.5, 0.6) is 5.75 Å². The number of nitrogens with zero attached hydrogens (tertiary/aromatic N) is 1. The summed E-state index contributed by atoms with van der Waals surface area (Å²) < 4.78 is 20.1. The van der Waals surface area contributed by atoms with Crippen molar-refractivity contribution in [2.24, 2.45) is 0 Å². The minimum absolute atomic E-state index is 0.299. The highest BCUT2D eigenvalue weighted by Crippen LogP contribution is 2.25. The molecule has 0 unspecified atom stereocenters. The summed E-state index contributed by atoms with van der Waals surface area (Å²) in [5.41, 5.74) is 1.83. The van der Waals surface area contributed by atoms with Gasteiger partial charge in [-0.05, 0) is 43.4 Å². The third kappa shape index (κ3) is 6.54. The lowest BCUT2D eigenvalue weighted by Gasteiger charge is -2.18. The molecule has 6 heteroatoms. The number of ether oxygens (including phenoxy) is 1. The molecule has 142 valence electrons. The van der Waals surface area contributed by atoms with Gasteiger partial charge in [-0.2, -0.15) is 0 Å². The minimum Gasteiger partial charge on any atom is -0.489 e. The lowest BCUT2D eigenvalue weighted by Crippen LogP contribution is -2.31. The molecule has 3 nitrogen and oxygen atoms in total. The van der Waals surface area contributed by atoms with Crippen LogP contribution in [0.2, 0.25) is 5.02 Å². The van der Waals surface area contributed by atoms with Crippen LogP contribution in [0.4, 0.5) is 4.39 Å². The Hall–Kier alpha value is -1.14. The van der Waals surface area contributed by atoms with Gasteiger partial charge in [-0.1, -0.05) is 47.4 Å². The van der Waals surface area contributed by atoms with Gasteiger partial charge in [0, 0.05) is 35.2 Å². The number of likely N-dealkylation sites (N-methyl/N-ethyl adjacent to an activating group) is 1. The number of halogens is 3. The van der Waals surface area contributed by atoms with Crippen molar-refractivity contribution in [3.63, 3.8) is 0 Å². The Kier molecular flexibility index (Phi) is 8.85. The minimum atomic E-state index is -0.347. The summed E-state index contributed by atoms with van der Waals surface area (Å²) in [4.78, 5) is 2.38. The number of rotatable bonds is 10. The number of hydrogen-bond acceptors (Lipinski definition) is 3. The van der Waals surface area contributed by atoms with E-state index in [2.05, 4.69) is 40.0 Å². The van der Waals surface area contributed by atoms with E-state index >= 15 is 0 Å². The van der Waals surface area contributed by atoms with Crippen LogP contribution in [-0.4, -0.2) is 31.1 Å². The van der Waals surface area contributed by atoms with Crippen molar-refractivity contribution in [1.29, 1.82) is 0 Å². The third-order valence-electron chi connectivity index (χ3n) is 4.24. The van der Waals surface area contributed by atoms with Gasteiger partial charge in [-0.3, -0.25) is 0 Å². The standard InChI is InChI=1S/C20H25BrClFN2O/c1-3-25(4-2)10-9-24-13-16-11-17(21)6-8-20(16)26-14-15-5-7-18(23)12-19(15)22/h5-8,11-12,24H,3-4,9-10,13-14H2,1-2H3. The molecule has 0 aliphatic carbocycles. The summed E-state index contributed by atoms with van der Waals surface area (Å²) in [6.07, 6.45) is 0. The molecule has 0 saturated carbocycles. The normalized spacial score (nSPS) is 11.2. The monoisotopic (exact) mass is 442 g/mol.